The van der Waals surface area contributed by atoms with E-state index in [0.717, 1.165) is 48.0 Å². The van der Waals surface area contributed by atoms with Crippen molar-refractivity contribution in [3.05, 3.63) is 58.2 Å². The molecule has 2 aliphatic rings. The summed E-state index contributed by atoms with van der Waals surface area (Å²) in [7, 11) is 0. The van der Waals surface area contributed by atoms with Crippen LogP contribution in [0.4, 0.5) is 5.82 Å². The summed E-state index contributed by atoms with van der Waals surface area (Å²) in [5, 5.41) is 1.28. The van der Waals surface area contributed by atoms with Crippen LogP contribution in [0.3, 0.4) is 0 Å². The molecule has 33 heavy (non-hydrogen) atoms. The van der Waals surface area contributed by atoms with E-state index < -0.39 is 0 Å². The molecule has 0 radical (unpaired) electrons. The van der Waals surface area contributed by atoms with Gasteiger partial charge in [-0.05, 0) is 49.3 Å². The number of aryl methyl sites for hydroxylation is 2. The summed E-state index contributed by atoms with van der Waals surface area (Å²) in [5.41, 5.74) is 2.53. The van der Waals surface area contributed by atoms with Crippen LogP contribution in [0.15, 0.2) is 36.4 Å². The second kappa shape index (κ2) is 9.64. The molecule has 3 aromatic rings. The van der Waals surface area contributed by atoms with Gasteiger partial charge in [-0.1, -0.05) is 44.2 Å². The van der Waals surface area contributed by atoms with Gasteiger partial charge in [0, 0.05) is 43.1 Å². The average molecular weight is 461 g/mol. The van der Waals surface area contributed by atoms with Gasteiger partial charge in [0.25, 0.3) is 0 Å². The largest absolute Gasteiger partial charge is 0.352 e. The number of anilines is 1. The number of piperazine rings is 1. The van der Waals surface area contributed by atoms with Crippen molar-refractivity contribution >= 4 is 39.4 Å². The molecular weight excluding hydrogens is 428 g/mol. The van der Waals surface area contributed by atoms with Crippen LogP contribution < -0.4 is 4.90 Å². The van der Waals surface area contributed by atoms with E-state index >= 15 is 0 Å². The minimum Gasteiger partial charge on any atom is -0.352 e. The molecule has 2 aromatic heterocycles. The third kappa shape index (κ3) is 4.54. The third-order valence-corrected chi connectivity index (χ3v) is 8.16. The van der Waals surface area contributed by atoms with Crippen molar-refractivity contribution in [1.82, 2.24) is 14.9 Å². The van der Waals surface area contributed by atoms with Crippen LogP contribution in [-0.4, -0.2) is 47.0 Å². The molecule has 172 valence electrons. The first kappa shape index (κ1) is 22.1. The van der Waals surface area contributed by atoms with Gasteiger partial charge in [0.05, 0.1) is 5.39 Å². The van der Waals surface area contributed by atoms with Gasteiger partial charge < -0.3 is 9.80 Å². The van der Waals surface area contributed by atoms with E-state index in [0.29, 0.717) is 19.0 Å². The SMILES string of the molecule is CCC(C)c1nc(N2CCN(C(=O)/C=C/c3ccccc3)CC2)c2c3c(sc2n1)CCCC3. The summed E-state index contributed by atoms with van der Waals surface area (Å²) >= 11 is 1.88. The molecule has 0 N–H and O–H groups in total. The average Bonchev–Trinajstić information content (AvgIpc) is 3.25. The standard InChI is InChI=1S/C27H32N4OS/c1-3-19(2)25-28-26(24-21-11-7-8-12-22(21)33-27(24)29-25)31-17-15-30(16-18-31)23(32)14-13-20-9-5-4-6-10-20/h4-6,9-10,13-14,19H,3,7-8,11-12,15-18H2,1-2H3/b14-13+. The topological polar surface area (TPSA) is 49.3 Å². The Hall–Kier alpha value is -2.73. The lowest BCUT2D eigenvalue weighted by Crippen LogP contribution is -2.48. The Bertz CT molecular complexity index is 1160. The Morgan fingerprint density at radius 1 is 1.09 bits per heavy atom. The molecule has 1 fully saturated rings. The highest BCUT2D eigenvalue weighted by atomic mass is 32.1. The van der Waals surface area contributed by atoms with E-state index in [2.05, 4.69) is 18.7 Å². The van der Waals surface area contributed by atoms with Gasteiger partial charge in [-0.25, -0.2) is 9.97 Å². The summed E-state index contributed by atoms with van der Waals surface area (Å²) in [6, 6.07) is 9.99. The van der Waals surface area contributed by atoms with Gasteiger partial charge in [0.2, 0.25) is 5.91 Å². The molecule has 1 aliphatic carbocycles. The lowest BCUT2D eigenvalue weighted by atomic mass is 9.96. The van der Waals surface area contributed by atoms with Crippen molar-refractivity contribution in [1.29, 1.82) is 0 Å². The summed E-state index contributed by atoms with van der Waals surface area (Å²) in [6.45, 7) is 7.46. The molecule has 1 aromatic carbocycles. The van der Waals surface area contributed by atoms with Crippen molar-refractivity contribution in [3.8, 4) is 0 Å². The number of hydrogen-bond donors (Lipinski definition) is 0. The van der Waals surface area contributed by atoms with Crippen molar-refractivity contribution in [3.63, 3.8) is 0 Å². The smallest absolute Gasteiger partial charge is 0.246 e. The van der Waals surface area contributed by atoms with E-state index in [1.165, 1.54) is 35.1 Å². The van der Waals surface area contributed by atoms with E-state index in [1.807, 2.05) is 52.6 Å². The maximum atomic E-state index is 12.8. The van der Waals surface area contributed by atoms with Crippen LogP contribution in [0, 0.1) is 0 Å². The van der Waals surface area contributed by atoms with Crippen molar-refractivity contribution < 1.29 is 4.79 Å². The predicted octanol–water partition coefficient (Wildman–Crippen LogP) is 5.45. The maximum Gasteiger partial charge on any atom is 0.246 e. The van der Waals surface area contributed by atoms with Gasteiger partial charge in [-0.15, -0.1) is 11.3 Å². The monoisotopic (exact) mass is 460 g/mol. The van der Waals surface area contributed by atoms with Crippen LogP contribution >= 0.6 is 11.3 Å². The van der Waals surface area contributed by atoms with Gasteiger partial charge in [0.1, 0.15) is 16.5 Å². The zero-order valence-electron chi connectivity index (χ0n) is 19.6. The van der Waals surface area contributed by atoms with E-state index in [9.17, 15) is 4.79 Å². The van der Waals surface area contributed by atoms with Gasteiger partial charge in [0.15, 0.2) is 0 Å². The summed E-state index contributed by atoms with van der Waals surface area (Å²) in [4.78, 5) is 29.9. The number of aromatic nitrogens is 2. The Balaban J connectivity index is 1.38. The van der Waals surface area contributed by atoms with Crippen LogP contribution in [0.2, 0.25) is 0 Å². The summed E-state index contributed by atoms with van der Waals surface area (Å²) in [5.74, 6) is 2.49. The molecule has 0 spiro atoms. The Morgan fingerprint density at radius 2 is 1.85 bits per heavy atom. The predicted molar refractivity (Wildman–Crippen MR) is 137 cm³/mol. The molecule has 0 bridgehead atoms. The molecule has 1 unspecified atom stereocenters. The minimum atomic E-state index is 0.0829. The first-order valence-corrected chi connectivity index (χ1v) is 13.0. The summed E-state index contributed by atoms with van der Waals surface area (Å²) < 4.78 is 0. The molecule has 1 saturated heterocycles. The number of amides is 1. The normalized spacial score (nSPS) is 17.5. The second-order valence-electron chi connectivity index (χ2n) is 9.16. The molecule has 5 nitrogen and oxygen atoms in total. The fraction of sp³-hybridized carbons (Fsp3) is 0.444. The molecule has 3 heterocycles. The first-order chi connectivity index (χ1) is 16.1. The zero-order chi connectivity index (χ0) is 22.8. The maximum absolute atomic E-state index is 12.8. The summed E-state index contributed by atoms with van der Waals surface area (Å²) in [6.07, 6.45) is 9.47. The fourth-order valence-corrected chi connectivity index (χ4v) is 6.02. The van der Waals surface area contributed by atoms with Crippen molar-refractivity contribution in [2.24, 2.45) is 0 Å². The van der Waals surface area contributed by atoms with Crippen molar-refractivity contribution in [2.75, 3.05) is 31.1 Å². The highest BCUT2D eigenvalue weighted by molar-refractivity contribution is 7.19. The van der Waals surface area contributed by atoms with Crippen LogP contribution in [0.25, 0.3) is 16.3 Å². The highest BCUT2D eigenvalue weighted by Gasteiger charge is 2.27. The van der Waals surface area contributed by atoms with Crippen molar-refractivity contribution in [2.45, 2.75) is 51.9 Å². The van der Waals surface area contributed by atoms with Gasteiger partial charge in [-0.2, -0.15) is 0 Å². The zero-order valence-corrected chi connectivity index (χ0v) is 20.4. The van der Waals surface area contributed by atoms with E-state index in [4.69, 9.17) is 9.97 Å². The molecule has 1 aliphatic heterocycles. The van der Waals surface area contributed by atoms with Gasteiger partial charge >= 0.3 is 0 Å². The number of carbonyl (C=O) groups excluding carboxylic acids is 1. The quantitative estimate of drug-likeness (QED) is 0.475. The minimum absolute atomic E-state index is 0.0829. The lowest BCUT2D eigenvalue weighted by Gasteiger charge is -2.35. The van der Waals surface area contributed by atoms with Gasteiger partial charge in [-0.3, -0.25) is 4.79 Å². The number of hydrogen-bond acceptors (Lipinski definition) is 5. The van der Waals surface area contributed by atoms with E-state index in [-0.39, 0.29) is 5.91 Å². The third-order valence-electron chi connectivity index (χ3n) is 6.97. The molecule has 0 saturated carbocycles. The van der Waals surface area contributed by atoms with Crippen LogP contribution in [0.1, 0.15) is 60.9 Å². The number of rotatable bonds is 5. The number of thiophene rings is 1. The Kier molecular flexibility index (Phi) is 6.45. The Labute approximate surface area is 200 Å². The van der Waals surface area contributed by atoms with Crippen LogP contribution in [0.5, 0.6) is 0 Å². The molecular formula is C27H32N4OS. The van der Waals surface area contributed by atoms with Crippen LogP contribution in [-0.2, 0) is 17.6 Å². The number of nitrogens with zero attached hydrogens (tertiary/aromatic N) is 4. The molecule has 5 rings (SSSR count). The number of benzene rings is 1. The molecule has 1 atom stereocenters. The fourth-order valence-electron chi connectivity index (χ4n) is 4.76. The number of fused-ring (bicyclic) bond motifs is 3. The van der Waals surface area contributed by atoms with E-state index in [1.54, 1.807) is 6.08 Å². The highest BCUT2D eigenvalue weighted by Crippen LogP contribution is 2.40. The first-order valence-electron chi connectivity index (χ1n) is 12.2. The number of carbonyl (C=O) groups is 1. The molecule has 6 heteroatoms. The molecule has 1 amide bonds. The second-order valence-corrected chi connectivity index (χ2v) is 10.2. The lowest BCUT2D eigenvalue weighted by molar-refractivity contribution is -0.126. The Morgan fingerprint density at radius 3 is 2.61 bits per heavy atom.